The van der Waals surface area contributed by atoms with E-state index in [2.05, 4.69) is 19.2 Å². The minimum Gasteiger partial charge on any atom is -0.313 e. The van der Waals surface area contributed by atoms with Crippen molar-refractivity contribution in [3.8, 4) is 0 Å². The zero-order chi connectivity index (χ0) is 12.6. The van der Waals surface area contributed by atoms with Gasteiger partial charge in [-0.3, -0.25) is 0 Å². The highest BCUT2D eigenvalue weighted by atomic mass is 32.2. The SMILES string of the molecule is CCNC(CCC(F)(F)F)CSCC(C)C. The van der Waals surface area contributed by atoms with Crippen LogP contribution in [0.5, 0.6) is 0 Å². The molecule has 0 amide bonds. The average molecular weight is 257 g/mol. The van der Waals surface area contributed by atoms with Gasteiger partial charge in [0.25, 0.3) is 0 Å². The van der Waals surface area contributed by atoms with Crippen molar-refractivity contribution >= 4 is 11.8 Å². The molecule has 0 aromatic carbocycles. The molecule has 0 spiro atoms. The minimum atomic E-state index is -4.03. The molecule has 0 aliphatic heterocycles. The van der Waals surface area contributed by atoms with Gasteiger partial charge in [-0.15, -0.1) is 0 Å². The quantitative estimate of drug-likeness (QED) is 0.711. The van der Waals surface area contributed by atoms with E-state index in [-0.39, 0.29) is 12.5 Å². The van der Waals surface area contributed by atoms with Crippen LogP contribution in [0.2, 0.25) is 0 Å². The number of thioether (sulfide) groups is 1. The van der Waals surface area contributed by atoms with E-state index in [9.17, 15) is 13.2 Å². The molecule has 0 bridgehead atoms. The van der Waals surface area contributed by atoms with Crippen molar-refractivity contribution in [2.75, 3.05) is 18.1 Å². The largest absolute Gasteiger partial charge is 0.389 e. The predicted molar refractivity (Wildman–Crippen MR) is 64.9 cm³/mol. The summed E-state index contributed by atoms with van der Waals surface area (Å²) in [5, 5.41) is 3.11. The number of alkyl halides is 3. The van der Waals surface area contributed by atoms with Gasteiger partial charge in [0.05, 0.1) is 0 Å². The number of rotatable bonds is 8. The molecule has 0 heterocycles. The maximum absolute atomic E-state index is 12.1. The van der Waals surface area contributed by atoms with Crippen molar-refractivity contribution < 1.29 is 13.2 Å². The Morgan fingerprint density at radius 1 is 1.19 bits per heavy atom. The van der Waals surface area contributed by atoms with Gasteiger partial charge >= 0.3 is 6.18 Å². The topological polar surface area (TPSA) is 12.0 Å². The number of nitrogens with one attached hydrogen (secondary N) is 1. The first-order valence-corrected chi connectivity index (χ1v) is 6.88. The van der Waals surface area contributed by atoms with E-state index < -0.39 is 12.6 Å². The second kappa shape index (κ2) is 8.23. The lowest BCUT2D eigenvalue weighted by molar-refractivity contribution is -0.136. The van der Waals surface area contributed by atoms with Gasteiger partial charge in [-0.05, 0) is 24.6 Å². The second-order valence-corrected chi connectivity index (χ2v) is 5.41. The van der Waals surface area contributed by atoms with Gasteiger partial charge in [-0.25, -0.2) is 0 Å². The molecule has 0 fully saturated rings. The van der Waals surface area contributed by atoms with Crippen LogP contribution >= 0.6 is 11.8 Å². The third kappa shape index (κ3) is 10.6. The van der Waals surface area contributed by atoms with Crippen molar-refractivity contribution in [3.05, 3.63) is 0 Å². The Balaban J connectivity index is 3.79. The zero-order valence-corrected chi connectivity index (χ0v) is 11.0. The average Bonchev–Trinajstić information content (AvgIpc) is 2.12. The van der Waals surface area contributed by atoms with Crippen LogP contribution in [-0.4, -0.2) is 30.3 Å². The summed E-state index contributed by atoms with van der Waals surface area (Å²) in [6.45, 7) is 6.88. The zero-order valence-electron chi connectivity index (χ0n) is 10.2. The highest BCUT2D eigenvalue weighted by molar-refractivity contribution is 7.99. The first-order chi connectivity index (χ1) is 7.35. The smallest absolute Gasteiger partial charge is 0.313 e. The first-order valence-electron chi connectivity index (χ1n) is 5.73. The summed E-state index contributed by atoms with van der Waals surface area (Å²) in [4.78, 5) is 0. The number of halogens is 3. The summed E-state index contributed by atoms with van der Waals surface area (Å²) in [5.41, 5.74) is 0. The van der Waals surface area contributed by atoms with E-state index in [1.165, 1.54) is 0 Å². The van der Waals surface area contributed by atoms with Crippen molar-refractivity contribution in [2.45, 2.75) is 45.8 Å². The van der Waals surface area contributed by atoms with Gasteiger partial charge in [0.1, 0.15) is 0 Å². The van der Waals surface area contributed by atoms with Crippen LogP contribution in [-0.2, 0) is 0 Å². The van der Waals surface area contributed by atoms with Gasteiger partial charge < -0.3 is 5.32 Å². The Kier molecular flexibility index (Phi) is 8.28. The summed E-state index contributed by atoms with van der Waals surface area (Å²) in [7, 11) is 0. The van der Waals surface area contributed by atoms with Crippen LogP contribution < -0.4 is 5.32 Å². The molecular formula is C11H22F3NS. The highest BCUT2D eigenvalue weighted by Crippen LogP contribution is 2.23. The molecule has 98 valence electrons. The lowest BCUT2D eigenvalue weighted by Gasteiger charge is -2.18. The van der Waals surface area contributed by atoms with Gasteiger partial charge in [0.2, 0.25) is 0 Å². The van der Waals surface area contributed by atoms with E-state index in [1.807, 2.05) is 6.92 Å². The van der Waals surface area contributed by atoms with Crippen LogP contribution in [0.15, 0.2) is 0 Å². The summed E-state index contributed by atoms with van der Waals surface area (Å²) in [6, 6.07) is -0.0182. The molecule has 0 aliphatic rings. The van der Waals surface area contributed by atoms with Crippen LogP contribution in [0.3, 0.4) is 0 Å². The van der Waals surface area contributed by atoms with E-state index in [4.69, 9.17) is 0 Å². The van der Waals surface area contributed by atoms with Gasteiger partial charge in [-0.2, -0.15) is 24.9 Å². The predicted octanol–water partition coefficient (Wildman–Crippen LogP) is 3.70. The first kappa shape index (κ1) is 16.1. The summed E-state index contributed by atoms with van der Waals surface area (Å²) >= 11 is 1.73. The Labute approximate surface area is 101 Å². The van der Waals surface area contributed by atoms with Crippen molar-refractivity contribution in [1.29, 1.82) is 0 Å². The van der Waals surface area contributed by atoms with Crippen LogP contribution in [0.25, 0.3) is 0 Å². The molecule has 1 atom stereocenters. The minimum absolute atomic E-state index is 0.0182. The van der Waals surface area contributed by atoms with Crippen molar-refractivity contribution in [2.24, 2.45) is 5.92 Å². The van der Waals surface area contributed by atoms with Crippen LogP contribution in [0, 0.1) is 5.92 Å². The van der Waals surface area contributed by atoms with Crippen molar-refractivity contribution in [3.63, 3.8) is 0 Å². The van der Waals surface area contributed by atoms with Crippen LogP contribution in [0.1, 0.15) is 33.6 Å². The monoisotopic (exact) mass is 257 g/mol. The maximum Gasteiger partial charge on any atom is 0.389 e. The molecule has 0 saturated heterocycles. The lowest BCUT2D eigenvalue weighted by Crippen LogP contribution is -2.32. The standard InChI is InChI=1S/C11H22F3NS/c1-4-15-10(5-6-11(12,13)14)8-16-7-9(2)3/h9-10,15H,4-8H2,1-3H3. The molecule has 1 N–H and O–H groups in total. The fourth-order valence-corrected chi connectivity index (χ4v) is 2.49. The second-order valence-electron chi connectivity index (χ2n) is 4.34. The molecule has 0 aromatic rings. The summed E-state index contributed by atoms with van der Waals surface area (Å²) in [5.74, 6) is 2.37. The molecule has 16 heavy (non-hydrogen) atoms. The molecule has 0 saturated carbocycles. The van der Waals surface area contributed by atoms with Gasteiger partial charge in [0.15, 0.2) is 0 Å². The number of hydrogen-bond donors (Lipinski definition) is 1. The molecule has 0 aliphatic carbocycles. The third-order valence-electron chi connectivity index (χ3n) is 2.04. The molecule has 1 nitrogen and oxygen atoms in total. The van der Waals surface area contributed by atoms with Gasteiger partial charge in [-0.1, -0.05) is 20.8 Å². The fraction of sp³-hybridized carbons (Fsp3) is 1.00. The number of hydrogen-bond acceptors (Lipinski definition) is 2. The molecule has 0 radical (unpaired) electrons. The van der Waals surface area contributed by atoms with Crippen LogP contribution in [0.4, 0.5) is 13.2 Å². The molecule has 5 heteroatoms. The lowest BCUT2D eigenvalue weighted by atomic mass is 10.2. The van der Waals surface area contributed by atoms with E-state index in [1.54, 1.807) is 11.8 Å². The maximum atomic E-state index is 12.1. The molecule has 0 rings (SSSR count). The Hall–Kier alpha value is 0.100. The van der Waals surface area contributed by atoms with E-state index in [0.717, 1.165) is 18.1 Å². The van der Waals surface area contributed by atoms with Gasteiger partial charge in [0, 0.05) is 18.2 Å². The van der Waals surface area contributed by atoms with Crippen molar-refractivity contribution in [1.82, 2.24) is 5.32 Å². The summed E-state index contributed by atoms with van der Waals surface area (Å²) in [6.07, 6.45) is -4.54. The Morgan fingerprint density at radius 3 is 2.25 bits per heavy atom. The molecule has 0 aromatic heterocycles. The third-order valence-corrected chi connectivity index (χ3v) is 3.58. The molecule has 1 unspecified atom stereocenters. The Morgan fingerprint density at radius 2 is 1.81 bits per heavy atom. The van der Waals surface area contributed by atoms with E-state index in [0.29, 0.717) is 5.92 Å². The summed E-state index contributed by atoms with van der Waals surface area (Å²) < 4.78 is 36.2. The highest BCUT2D eigenvalue weighted by Gasteiger charge is 2.28. The fourth-order valence-electron chi connectivity index (χ4n) is 1.32. The normalized spacial score (nSPS) is 14.4. The Bertz CT molecular complexity index is 171. The van der Waals surface area contributed by atoms with E-state index >= 15 is 0 Å². The molecular weight excluding hydrogens is 235 g/mol.